The molecule has 0 radical (unpaired) electrons. The van der Waals surface area contributed by atoms with Crippen molar-refractivity contribution < 1.29 is 4.74 Å². The van der Waals surface area contributed by atoms with E-state index in [4.69, 9.17) is 17.0 Å². The first-order valence-corrected chi connectivity index (χ1v) is 9.09. The van der Waals surface area contributed by atoms with Gasteiger partial charge >= 0.3 is 0 Å². The lowest BCUT2D eigenvalue weighted by Gasteiger charge is -2.14. The molecule has 4 rings (SSSR count). The van der Waals surface area contributed by atoms with Crippen molar-refractivity contribution >= 4 is 50.5 Å². The van der Waals surface area contributed by atoms with E-state index in [1.807, 2.05) is 61.5 Å². The number of hydrogen-bond acceptors (Lipinski definition) is 4. The van der Waals surface area contributed by atoms with Crippen LogP contribution < -0.4 is 15.4 Å². The van der Waals surface area contributed by atoms with Gasteiger partial charge in [-0.05, 0) is 67.7 Å². The molecule has 0 fully saturated rings. The smallest absolute Gasteiger partial charge is 0.175 e. The van der Waals surface area contributed by atoms with Gasteiger partial charge in [0.15, 0.2) is 5.11 Å². The predicted octanol–water partition coefficient (Wildman–Crippen LogP) is 4.99. The molecule has 4 aromatic rings. The molecule has 2 aromatic heterocycles. The van der Waals surface area contributed by atoms with Gasteiger partial charge in [0.2, 0.25) is 0 Å². The number of thiocarbonyl (C=S) groups is 1. The third-order valence-corrected chi connectivity index (χ3v) is 4.34. The second-order valence-electron chi connectivity index (χ2n) is 5.94. The topological polar surface area (TPSA) is 59.1 Å². The van der Waals surface area contributed by atoms with Crippen LogP contribution in [-0.4, -0.2) is 21.7 Å². The molecule has 2 heterocycles. The van der Waals surface area contributed by atoms with Crippen LogP contribution >= 0.6 is 12.2 Å². The summed E-state index contributed by atoms with van der Waals surface area (Å²) in [6.07, 6.45) is 3.55. The van der Waals surface area contributed by atoms with Crippen LogP contribution in [0.2, 0.25) is 0 Å². The van der Waals surface area contributed by atoms with Crippen molar-refractivity contribution in [1.82, 2.24) is 9.97 Å². The van der Waals surface area contributed by atoms with Crippen molar-refractivity contribution in [3.05, 3.63) is 67.0 Å². The zero-order valence-electron chi connectivity index (χ0n) is 14.8. The van der Waals surface area contributed by atoms with E-state index in [9.17, 15) is 0 Å². The average Bonchev–Trinajstić information content (AvgIpc) is 2.70. The van der Waals surface area contributed by atoms with E-state index < -0.39 is 0 Å². The molecule has 0 atom stereocenters. The summed E-state index contributed by atoms with van der Waals surface area (Å²) in [5.41, 5.74) is 3.51. The Hall–Kier alpha value is -3.25. The molecule has 0 saturated carbocycles. The fourth-order valence-corrected chi connectivity index (χ4v) is 3.19. The van der Waals surface area contributed by atoms with Crippen molar-refractivity contribution in [3.8, 4) is 5.75 Å². The molecule has 134 valence electrons. The molecule has 0 amide bonds. The first-order valence-electron chi connectivity index (χ1n) is 8.68. The van der Waals surface area contributed by atoms with Crippen LogP contribution in [0, 0.1) is 0 Å². The summed E-state index contributed by atoms with van der Waals surface area (Å²) >= 11 is 5.50. The van der Waals surface area contributed by atoms with E-state index in [0.29, 0.717) is 11.7 Å². The standard InChI is InChI=1S/C21H18N4OS/c1-2-26-16-9-7-15(8-10-16)24-21(27)25-18-13-14-5-3-11-22-19(14)20-17(18)6-4-12-23-20/h3-13H,2H2,1H3,(H2,24,25,27). The Morgan fingerprint density at radius 2 is 1.70 bits per heavy atom. The third kappa shape index (κ3) is 3.66. The molecular weight excluding hydrogens is 356 g/mol. The van der Waals surface area contributed by atoms with Crippen molar-refractivity contribution in [2.75, 3.05) is 17.2 Å². The Kier molecular flexibility index (Phi) is 4.80. The van der Waals surface area contributed by atoms with Crippen LogP contribution in [-0.2, 0) is 0 Å². The fraction of sp³-hybridized carbons (Fsp3) is 0.0952. The Morgan fingerprint density at radius 1 is 0.963 bits per heavy atom. The highest BCUT2D eigenvalue weighted by atomic mass is 32.1. The van der Waals surface area contributed by atoms with Crippen LogP contribution in [0.15, 0.2) is 67.0 Å². The normalized spacial score (nSPS) is 10.7. The lowest BCUT2D eigenvalue weighted by Crippen LogP contribution is -2.19. The molecule has 6 heteroatoms. The Labute approximate surface area is 162 Å². The summed E-state index contributed by atoms with van der Waals surface area (Å²) in [7, 11) is 0. The number of anilines is 2. The minimum Gasteiger partial charge on any atom is -0.494 e. The molecule has 0 aliphatic rings. The summed E-state index contributed by atoms with van der Waals surface area (Å²) in [6.45, 7) is 2.61. The number of aromatic nitrogens is 2. The second-order valence-corrected chi connectivity index (χ2v) is 6.34. The maximum absolute atomic E-state index is 5.50. The van der Waals surface area contributed by atoms with Crippen molar-refractivity contribution in [2.24, 2.45) is 0 Å². The Bertz CT molecular complexity index is 1110. The number of fused-ring (bicyclic) bond motifs is 3. The van der Waals surface area contributed by atoms with Crippen molar-refractivity contribution in [2.45, 2.75) is 6.92 Å². The molecule has 2 aromatic carbocycles. The number of hydrogen-bond donors (Lipinski definition) is 2. The Morgan fingerprint density at radius 3 is 2.48 bits per heavy atom. The summed E-state index contributed by atoms with van der Waals surface area (Å²) in [6, 6.07) is 17.6. The molecule has 0 saturated heterocycles. The fourth-order valence-electron chi connectivity index (χ4n) is 2.97. The van der Waals surface area contributed by atoms with Gasteiger partial charge < -0.3 is 15.4 Å². The molecule has 0 spiro atoms. The van der Waals surface area contributed by atoms with Crippen LogP contribution in [0.5, 0.6) is 5.75 Å². The SMILES string of the molecule is CCOc1ccc(NC(=S)Nc2cc3cccnc3c3ncccc23)cc1. The number of pyridine rings is 2. The number of benzene rings is 2. The highest BCUT2D eigenvalue weighted by Gasteiger charge is 2.09. The van der Waals surface area contributed by atoms with Gasteiger partial charge in [-0.25, -0.2) is 0 Å². The van der Waals surface area contributed by atoms with Crippen LogP contribution in [0.1, 0.15) is 6.92 Å². The Balaban J connectivity index is 1.61. The van der Waals surface area contributed by atoms with Crippen LogP contribution in [0.3, 0.4) is 0 Å². The minimum atomic E-state index is 0.507. The number of ether oxygens (including phenoxy) is 1. The first kappa shape index (κ1) is 17.2. The van der Waals surface area contributed by atoms with E-state index in [-0.39, 0.29) is 0 Å². The molecule has 0 aliphatic carbocycles. The summed E-state index contributed by atoms with van der Waals surface area (Å²) in [4.78, 5) is 8.98. The highest BCUT2D eigenvalue weighted by Crippen LogP contribution is 2.29. The van der Waals surface area contributed by atoms with Gasteiger partial charge in [0.1, 0.15) is 5.75 Å². The van der Waals surface area contributed by atoms with E-state index in [2.05, 4.69) is 20.6 Å². The predicted molar refractivity (Wildman–Crippen MR) is 114 cm³/mol. The first-order chi connectivity index (χ1) is 13.2. The molecule has 5 nitrogen and oxygen atoms in total. The van der Waals surface area contributed by atoms with E-state index >= 15 is 0 Å². The van der Waals surface area contributed by atoms with E-state index in [1.165, 1.54) is 0 Å². The third-order valence-electron chi connectivity index (χ3n) is 4.13. The van der Waals surface area contributed by atoms with Gasteiger partial charge in [0.05, 0.1) is 23.3 Å². The molecule has 0 aliphatic heterocycles. The largest absolute Gasteiger partial charge is 0.494 e. The van der Waals surface area contributed by atoms with Gasteiger partial charge in [-0.1, -0.05) is 6.07 Å². The van der Waals surface area contributed by atoms with Gasteiger partial charge in [-0.15, -0.1) is 0 Å². The summed E-state index contributed by atoms with van der Waals surface area (Å²) in [5, 5.41) is 8.98. The van der Waals surface area contributed by atoms with Crippen LogP contribution in [0.25, 0.3) is 21.8 Å². The number of nitrogens with zero attached hydrogens (tertiary/aromatic N) is 2. The zero-order valence-corrected chi connectivity index (χ0v) is 15.6. The minimum absolute atomic E-state index is 0.507. The number of rotatable bonds is 4. The summed E-state index contributed by atoms with van der Waals surface area (Å²) < 4.78 is 5.46. The maximum atomic E-state index is 5.50. The van der Waals surface area contributed by atoms with Crippen molar-refractivity contribution in [3.63, 3.8) is 0 Å². The van der Waals surface area contributed by atoms with Gasteiger partial charge in [0.25, 0.3) is 0 Å². The summed E-state index contributed by atoms with van der Waals surface area (Å²) in [5.74, 6) is 0.834. The van der Waals surface area contributed by atoms with Crippen molar-refractivity contribution in [1.29, 1.82) is 0 Å². The second kappa shape index (κ2) is 7.55. The zero-order chi connectivity index (χ0) is 18.6. The van der Waals surface area contributed by atoms with E-state index in [1.54, 1.807) is 12.4 Å². The van der Waals surface area contributed by atoms with Crippen LogP contribution in [0.4, 0.5) is 11.4 Å². The molecule has 0 unspecified atom stereocenters. The monoisotopic (exact) mass is 374 g/mol. The van der Waals surface area contributed by atoms with E-state index in [0.717, 1.165) is 38.9 Å². The number of nitrogens with one attached hydrogen (secondary N) is 2. The lowest BCUT2D eigenvalue weighted by molar-refractivity contribution is 0.340. The molecule has 27 heavy (non-hydrogen) atoms. The molecule has 0 bridgehead atoms. The molecule has 2 N–H and O–H groups in total. The highest BCUT2D eigenvalue weighted by molar-refractivity contribution is 7.80. The van der Waals surface area contributed by atoms with Gasteiger partial charge in [-0.3, -0.25) is 9.97 Å². The van der Waals surface area contributed by atoms with Gasteiger partial charge in [0, 0.05) is 28.9 Å². The average molecular weight is 374 g/mol. The maximum Gasteiger partial charge on any atom is 0.175 e. The quantitative estimate of drug-likeness (QED) is 0.388. The van der Waals surface area contributed by atoms with Gasteiger partial charge in [-0.2, -0.15) is 0 Å². The lowest BCUT2D eigenvalue weighted by atomic mass is 10.1. The molecular formula is C21H18N4OS.